The van der Waals surface area contributed by atoms with Gasteiger partial charge in [-0.15, -0.1) is 0 Å². The molecule has 0 aliphatic carbocycles. The molecule has 4 nitrogen and oxygen atoms in total. The SMILES string of the molecule is COc1cc(N2CCC3C(CCCN3C)C2)c(N)cc1F. The minimum Gasteiger partial charge on any atom is -0.494 e. The second kappa shape index (κ2) is 5.72. The number of nitrogen functional groups attached to an aromatic ring is 1. The number of methoxy groups -OCH3 is 1. The Kier molecular flexibility index (Phi) is 3.93. The number of ether oxygens (including phenoxy) is 1. The number of rotatable bonds is 2. The van der Waals surface area contributed by atoms with Crippen LogP contribution in [0.15, 0.2) is 12.1 Å². The van der Waals surface area contributed by atoms with Crippen LogP contribution in [0.1, 0.15) is 19.3 Å². The fourth-order valence-corrected chi connectivity index (χ4v) is 3.86. The second-order valence-electron chi connectivity index (χ2n) is 6.23. The molecule has 2 N–H and O–H groups in total. The normalized spacial score (nSPS) is 26.5. The van der Waals surface area contributed by atoms with Crippen LogP contribution in [-0.2, 0) is 0 Å². The van der Waals surface area contributed by atoms with Gasteiger partial charge in [-0.25, -0.2) is 4.39 Å². The van der Waals surface area contributed by atoms with Crippen molar-refractivity contribution in [3.63, 3.8) is 0 Å². The maximum absolute atomic E-state index is 13.7. The molecule has 116 valence electrons. The number of fused-ring (bicyclic) bond motifs is 1. The number of piperidine rings is 2. The fourth-order valence-electron chi connectivity index (χ4n) is 3.86. The zero-order valence-electron chi connectivity index (χ0n) is 12.8. The average molecular weight is 293 g/mol. The van der Waals surface area contributed by atoms with Crippen molar-refractivity contribution in [2.75, 3.05) is 44.4 Å². The van der Waals surface area contributed by atoms with Gasteiger partial charge < -0.3 is 20.3 Å². The maximum Gasteiger partial charge on any atom is 0.167 e. The Labute approximate surface area is 125 Å². The van der Waals surface area contributed by atoms with Gasteiger partial charge in [0, 0.05) is 31.3 Å². The van der Waals surface area contributed by atoms with E-state index < -0.39 is 5.82 Å². The van der Waals surface area contributed by atoms with Gasteiger partial charge in [-0.1, -0.05) is 0 Å². The Morgan fingerprint density at radius 2 is 2.10 bits per heavy atom. The highest BCUT2D eigenvalue weighted by atomic mass is 19.1. The Balaban J connectivity index is 1.82. The van der Waals surface area contributed by atoms with Crippen LogP contribution in [-0.4, -0.2) is 44.7 Å². The highest BCUT2D eigenvalue weighted by Crippen LogP contribution is 2.36. The van der Waals surface area contributed by atoms with Gasteiger partial charge in [0.2, 0.25) is 0 Å². The molecule has 1 aromatic carbocycles. The van der Waals surface area contributed by atoms with E-state index in [1.165, 1.54) is 32.6 Å². The van der Waals surface area contributed by atoms with Gasteiger partial charge in [0.25, 0.3) is 0 Å². The summed E-state index contributed by atoms with van der Waals surface area (Å²) in [5, 5.41) is 0. The quantitative estimate of drug-likeness (QED) is 0.850. The number of nitrogens with zero attached hydrogens (tertiary/aromatic N) is 2. The predicted molar refractivity (Wildman–Crippen MR) is 83.3 cm³/mol. The van der Waals surface area contributed by atoms with Crippen molar-refractivity contribution >= 4 is 11.4 Å². The number of hydrogen-bond acceptors (Lipinski definition) is 4. The summed E-state index contributed by atoms with van der Waals surface area (Å²) in [4.78, 5) is 4.78. The molecular formula is C16H24FN3O. The Bertz CT molecular complexity index is 522. The third-order valence-electron chi connectivity index (χ3n) is 4.99. The van der Waals surface area contributed by atoms with E-state index in [0.29, 0.717) is 17.6 Å². The molecule has 2 aliphatic rings. The van der Waals surface area contributed by atoms with Crippen LogP contribution < -0.4 is 15.4 Å². The zero-order valence-corrected chi connectivity index (χ0v) is 12.8. The third kappa shape index (κ3) is 2.67. The van der Waals surface area contributed by atoms with E-state index in [1.54, 1.807) is 6.07 Å². The van der Waals surface area contributed by atoms with Crippen LogP contribution >= 0.6 is 0 Å². The molecule has 2 aliphatic heterocycles. The van der Waals surface area contributed by atoms with Crippen molar-refractivity contribution in [1.82, 2.24) is 4.90 Å². The molecule has 2 fully saturated rings. The predicted octanol–water partition coefficient (Wildman–Crippen LogP) is 2.34. The van der Waals surface area contributed by atoms with E-state index in [0.717, 1.165) is 25.2 Å². The van der Waals surface area contributed by atoms with Crippen LogP contribution in [0.5, 0.6) is 5.75 Å². The van der Waals surface area contributed by atoms with Crippen molar-refractivity contribution in [1.29, 1.82) is 0 Å². The van der Waals surface area contributed by atoms with E-state index in [1.807, 2.05) is 0 Å². The summed E-state index contributed by atoms with van der Waals surface area (Å²) in [7, 11) is 3.71. The Morgan fingerprint density at radius 3 is 2.86 bits per heavy atom. The number of hydrogen-bond donors (Lipinski definition) is 1. The molecule has 0 aromatic heterocycles. The summed E-state index contributed by atoms with van der Waals surface area (Å²) in [5.74, 6) is 0.543. The smallest absolute Gasteiger partial charge is 0.167 e. The first-order valence-corrected chi connectivity index (χ1v) is 7.68. The highest BCUT2D eigenvalue weighted by molar-refractivity contribution is 5.70. The van der Waals surface area contributed by atoms with Gasteiger partial charge in [-0.05, 0) is 38.8 Å². The molecule has 3 rings (SSSR count). The van der Waals surface area contributed by atoms with Crippen LogP contribution in [0.3, 0.4) is 0 Å². The summed E-state index contributed by atoms with van der Waals surface area (Å²) in [5.41, 5.74) is 7.42. The molecule has 2 atom stereocenters. The summed E-state index contributed by atoms with van der Waals surface area (Å²) >= 11 is 0. The lowest BCUT2D eigenvalue weighted by Gasteiger charge is -2.46. The van der Waals surface area contributed by atoms with Crippen molar-refractivity contribution in [3.05, 3.63) is 17.9 Å². The summed E-state index contributed by atoms with van der Waals surface area (Å²) in [6, 6.07) is 3.78. The largest absolute Gasteiger partial charge is 0.494 e. The molecule has 0 spiro atoms. The first-order chi connectivity index (χ1) is 10.1. The minimum absolute atomic E-state index is 0.266. The van der Waals surface area contributed by atoms with Crippen LogP contribution in [0.25, 0.3) is 0 Å². The summed E-state index contributed by atoms with van der Waals surface area (Å²) in [6.45, 7) is 3.16. The average Bonchev–Trinajstić information content (AvgIpc) is 2.47. The van der Waals surface area contributed by atoms with Gasteiger partial charge in [0.15, 0.2) is 11.6 Å². The van der Waals surface area contributed by atoms with E-state index in [9.17, 15) is 4.39 Å². The standard InChI is InChI=1S/C16H24FN3O/c1-19-6-3-4-11-10-20(7-5-14(11)19)15-9-16(21-2)12(17)8-13(15)18/h8-9,11,14H,3-7,10,18H2,1-2H3. The fraction of sp³-hybridized carbons (Fsp3) is 0.625. The molecule has 5 heteroatoms. The molecular weight excluding hydrogens is 269 g/mol. The maximum atomic E-state index is 13.7. The van der Waals surface area contributed by atoms with Crippen molar-refractivity contribution in [2.45, 2.75) is 25.3 Å². The van der Waals surface area contributed by atoms with Crippen molar-refractivity contribution in [3.8, 4) is 5.75 Å². The lowest BCUT2D eigenvalue weighted by molar-refractivity contribution is 0.102. The van der Waals surface area contributed by atoms with Gasteiger partial charge >= 0.3 is 0 Å². The van der Waals surface area contributed by atoms with Gasteiger partial charge in [0.05, 0.1) is 18.5 Å². The molecule has 0 amide bonds. The van der Waals surface area contributed by atoms with Crippen molar-refractivity contribution in [2.24, 2.45) is 5.92 Å². The van der Waals surface area contributed by atoms with Crippen LogP contribution in [0.4, 0.5) is 15.8 Å². The Hall–Kier alpha value is -1.49. The summed E-state index contributed by atoms with van der Waals surface area (Å²) in [6.07, 6.45) is 3.66. The monoisotopic (exact) mass is 293 g/mol. The first-order valence-electron chi connectivity index (χ1n) is 7.68. The minimum atomic E-state index is -0.397. The molecule has 0 bridgehead atoms. The summed E-state index contributed by atoms with van der Waals surface area (Å²) < 4.78 is 18.8. The van der Waals surface area contributed by atoms with Gasteiger partial charge in [-0.3, -0.25) is 0 Å². The molecule has 2 unspecified atom stereocenters. The molecule has 0 saturated carbocycles. The Morgan fingerprint density at radius 1 is 1.29 bits per heavy atom. The van der Waals surface area contributed by atoms with E-state index in [-0.39, 0.29) is 5.75 Å². The third-order valence-corrected chi connectivity index (χ3v) is 4.99. The van der Waals surface area contributed by atoms with Crippen molar-refractivity contribution < 1.29 is 9.13 Å². The number of nitrogens with two attached hydrogens (primary N) is 1. The van der Waals surface area contributed by atoms with Crippen LogP contribution in [0, 0.1) is 11.7 Å². The molecule has 1 aromatic rings. The van der Waals surface area contributed by atoms with E-state index in [2.05, 4.69) is 16.8 Å². The van der Waals surface area contributed by atoms with Crippen LogP contribution in [0.2, 0.25) is 0 Å². The second-order valence-corrected chi connectivity index (χ2v) is 6.23. The lowest BCUT2D eigenvalue weighted by atomic mass is 9.84. The number of halogens is 1. The molecule has 2 heterocycles. The van der Waals surface area contributed by atoms with Gasteiger partial charge in [-0.2, -0.15) is 0 Å². The topological polar surface area (TPSA) is 41.7 Å². The molecule has 2 saturated heterocycles. The van der Waals surface area contributed by atoms with E-state index in [4.69, 9.17) is 10.5 Å². The lowest BCUT2D eigenvalue weighted by Crippen LogP contribution is -2.52. The number of likely N-dealkylation sites (tertiary alicyclic amines) is 1. The molecule has 21 heavy (non-hydrogen) atoms. The number of anilines is 2. The van der Waals surface area contributed by atoms with E-state index >= 15 is 0 Å². The van der Waals surface area contributed by atoms with Gasteiger partial charge in [0.1, 0.15) is 0 Å². The molecule has 0 radical (unpaired) electrons. The zero-order chi connectivity index (χ0) is 15.0. The number of benzene rings is 1. The first kappa shape index (κ1) is 14.4. The highest BCUT2D eigenvalue weighted by Gasteiger charge is 2.34.